The van der Waals surface area contributed by atoms with Gasteiger partial charge in [0, 0.05) is 35.3 Å². The van der Waals surface area contributed by atoms with Gasteiger partial charge >= 0.3 is 0 Å². The van der Waals surface area contributed by atoms with E-state index in [9.17, 15) is 24.8 Å². The molecule has 1 fully saturated rings. The number of nitrogens with zero attached hydrogens (tertiary/aromatic N) is 2. The molecule has 0 aliphatic carbocycles. The van der Waals surface area contributed by atoms with E-state index in [1.807, 2.05) is 24.3 Å². The van der Waals surface area contributed by atoms with Crippen molar-refractivity contribution in [2.75, 3.05) is 13.1 Å². The molecule has 1 saturated heterocycles. The summed E-state index contributed by atoms with van der Waals surface area (Å²) in [6.45, 7) is 0.592. The second kappa shape index (κ2) is 10.8. The van der Waals surface area contributed by atoms with Crippen molar-refractivity contribution < 1.29 is 19.6 Å². The Morgan fingerprint density at radius 3 is 2.17 bits per heavy atom. The average molecular weight is 550 g/mol. The molecule has 0 atom stereocenters. The molecular weight excluding hydrogens is 526 g/mol. The topological polar surface area (TPSA) is 113 Å². The molecule has 9 heteroatoms. The molecule has 3 aromatic rings. The number of amides is 2. The van der Waals surface area contributed by atoms with Gasteiger partial charge in [-0.2, -0.15) is 0 Å². The van der Waals surface area contributed by atoms with Crippen molar-refractivity contribution in [1.82, 2.24) is 10.2 Å². The van der Waals surface area contributed by atoms with E-state index < -0.39 is 22.3 Å². The summed E-state index contributed by atoms with van der Waals surface area (Å²) in [4.78, 5) is 38.4. The van der Waals surface area contributed by atoms with Gasteiger partial charge in [-0.05, 0) is 66.4 Å². The molecule has 0 radical (unpaired) electrons. The van der Waals surface area contributed by atoms with E-state index in [0.717, 1.165) is 10.0 Å². The number of nitro benzene ring substituents is 1. The highest BCUT2D eigenvalue weighted by Crippen LogP contribution is 2.34. The van der Waals surface area contributed by atoms with Crippen LogP contribution in [0.5, 0.6) is 0 Å². The van der Waals surface area contributed by atoms with E-state index in [4.69, 9.17) is 0 Å². The van der Waals surface area contributed by atoms with Gasteiger partial charge in [0.1, 0.15) is 5.70 Å². The zero-order valence-corrected chi connectivity index (χ0v) is 20.8. The minimum Gasteiger partial charge on any atom is -0.385 e. The van der Waals surface area contributed by atoms with Gasteiger partial charge in [-0.15, -0.1) is 0 Å². The fourth-order valence-corrected chi connectivity index (χ4v) is 4.36. The number of benzene rings is 3. The Labute approximate surface area is 216 Å². The molecule has 36 heavy (non-hydrogen) atoms. The first-order valence-corrected chi connectivity index (χ1v) is 12.1. The van der Waals surface area contributed by atoms with Gasteiger partial charge in [0.25, 0.3) is 17.5 Å². The summed E-state index contributed by atoms with van der Waals surface area (Å²) >= 11 is 3.40. The lowest BCUT2D eigenvalue weighted by atomic mass is 9.84. The monoisotopic (exact) mass is 549 g/mol. The number of carbonyl (C=O) groups excluding carboxylic acids is 2. The van der Waals surface area contributed by atoms with Crippen LogP contribution in [0.25, 0.3) is 6.08 Å². The summed E-state index contributed by atoms with van der Waals surface area (Å²) in [5.74, 6) is -0.837. The van der Waals surface area contributed by atoms with E-state index in [-0.39, 0.29) is 11.4 Å². The quantitative estimate of drug-likeness (QED) is 0.264. The summed E-state index contributed by atoms with van der Waals surface area (Å²) in [6, 6.07) is 21.7. The lowest BCUT2D eigenvalue weighted by Crippen LogP contribution is -2.47. The maximum atomic E-state index is 13.5. The third-order valence-electron chi connectivity index (χ3n) is 6.19. The third-order valence-corrected chi connectivity index (χ3v) is 6.72. The standard InChI is InChI=1S/C27H24BrN3O5/c28-22-10-8-21(9-11-22)27(34)14-16-30(17-15-27)26(33)24(29-25(32)20-4-2-1-3-5-20)18-19-6-12-23(13-7-19)31(35)36/h1-13,18,34H,14-17H2,(H,29,32)/b24-18-. The fraction of sp³-hybridized carbons (Fsp3) is 0.185. The summed E-state index contributed by atoms with van der Waals surface area (Å²) in [5.41, 5.74) is 0.636. The van der Waals surface area contributed by atoms with Crippen molar-refractivity contribution in [3.05, 3.63) is 116 Å². The van der Waals surface area contributed by atoms with Gasteiger partial charge in [-0.25, -0.2) is 0 Å². The summed E-state index contributed by atoms with van der Waals surface area (Å²) in [7, 11) is 0. The Morgan fingerprint density at radius 1 is 0.972 bits per heavy atom. The van der Waals surface area contributed by atoms with Crippen LogP contribution in [0.4, 0.5) is 5.69 Å². The van der Waals surface area contributed by atoms with Crippen LogP contribution in [0.15, 0.2) is 89.0 Å². The van der Waals surface area contributed by atoms with Crippen molar-refractivity contribution in [1.29, 1.82) is 0 Å². The number of nitrogens with one attached hydrogen (secondary N) is 1. The van der Waals surface area contributed by atoms with E-state index in [0.29, 0.717) is 37.1 Å². The molecule has 1 heterocycles. The normalized spacial score (nSPS) is 15.3. The van der Waals surface area contributed by atoms with Crippen molar-refractivity contribution in [3.63, 3.8) is 0 Å². The second-order valence-electron chi connectivity index (χ2n) is 8.56. The summed E-state index contributed by atoms with van der Waals surface area (Å²) in [5, 5.41) is 24.9. The first-order chi connectivity index (χ1) is 17.2. The van der Waals surface area contributed by atoms with Gasteiger partial charge < -0.3 is 15.3 Å². The van der Waals surface area contributed by atoms with Gasteiger partial charge in [-0.1, -0.05) is 46.3 Å². The Hall–Kier alpha value is -3.82. The zero-order chi connectivity index (χ0) is 25.7. The van der Waals surface area contributed by atoms with Crippen molar-refractivity contribution in [2.45, 2.75) is 18.4 Å². The minimum atomic E-state index is -1.05. The minimum absolute atomic E-state index is 0.0480. The molecule has 0 saturated carbocycles. The smallest absolute Gasteiger partial charge is 0.270 e. The number of non-ortho nitro benzene ring substituents is 1. The van der Waals surface area contributed by atoms with Gasteiger partial charge in [-0.3, -0.25) is 19.7 Å². The van der Waals surface area contributed by atoms with E-state index >= 15 is 0 Å². The summed E-state index contributed by atoms with van der Waals surface area (Å²) in [6.07, 6.45) is 2.19. The number of nitro groups is 1. The lowest BCUT2D eigenvalue weighted by Gasteiger charge is -2.38. The number of carbonyl (C=O) groups is 2. The van der Waals surface area contributed by atoms with Gasteiger partial charge in [0.05, 0.1) is 10.5 Å². The maximum absolute atomic E-state index is 13.5. The molecular formula is C27H24BrN3O5. The molecule has 8 nitrogen and oxygen atoms in total. The number of hydrogen-bond acceptors (Lipinski definition) is 5. The highest BCUT2D eigenvalue weighted by Gasteiger charge is 2.36. The van der Waals surface area contributed by atoms with Crippen LogP contribution >= 0.6 is 15.9 Å². The van der Waals surface area contributed by atoms with Crippen LogP contribution in [0.1, 0.15) is 34.3 Å². The molecule has 0 aromatic heterocycles. The lowest BCUT2D eigenvalue weighted by molar-refractivity contribution is -0.384. The van der Waals surface area contributed by atoms with E-state index in [1.165, 1.54) is 30.3 Å². The molecule has 3 aromatic carbocycles. The number of rotatable bonds is 6. The largest absolute Gasteiger partial charge is 0.385 e. The molecule has 1 aliphatic heterocycles. The molecule has 0 unspecified atom stereocenters. The van der Waals surface area contributed by atoms with Crippen LogP contribution in [0.3, 0.4) is 0 Å². The van der Waals surface area contributed by atoms with Gasteiger partial charge in [0.15, 0.2) is 0 Å². The average Bonchev–Trinajstić information content (AvgIpc) is 2.89. The third kappa shape index (κ3) is 5.87. The Bertz CT molecular complexity index is 1280. The number of likely N-dealkylation sites (tertiary alicyclic amines) is 1. The molecule has 4 rings (SSSR count). The predicted molar refractivity (Wildman–Crippen MR) is 139 cm³/mol. The predicted octanol–water partition coefficient (Wildman–Crippen LogP) is 4.64. The highest BCUT2D eigenvalue weighted by atomic mass is 79.9. The molecule has 1 aliphatic rings. The molecule has 0 spiro atoms. The van der Waals surface area contributed by atoms with E-state index in [1.54, 1.807) is 35.2 Å². The zero-order valence-electron chi connectivity index (χ0n) is 19.3. The molecule has 184 valence electrons. The van der Waals surface area contributed by atoms with Crippen molar-refractivity contribution >= 4 is 39.5 Å². The molecule has 2 amide bonds. The number of aliphatic hydroxyl groups is 1. The first kappa shape index (κ1) is 25.3. The van der Waals surface area contributed by atoms with Crippen molar-refractivity contribution in [2.24, 2.45) is 0 Å². The number of hydrogen-bond donors (Lipinski definition) is 2. The first-order valence-electron chi connectivity index (χ1n) is 11.4. The number of piperidine rings is 1. The maximum Gasteiger partial charge on any atom is 0.270 e. The van der Waals surface area contributed by atoms with Gasteiger partial charge in [0.2, 0.25) is 0 Å². The SMILES string of the molecule is O=C(N/C(=C\c1ccc([N+](=O)[O-])cc1)C(=O)N1CCC(O)(c2ccc(Br)cc2)CC1)c1ccccc1. The van der Waals surface area contributed by atoms with Crippen molar-refractivity contribution in [3.8, 4) is 0 Å². The number of halogens is 1. The molecule has 2 N–H and O–H groups in total. The van der Waals surface area contributed by atoms with Crippen LogP contribution in [0, 0.1) is 10.1 Å². The van der Waals surface area contributed by atoms with Crippen LogP contribution in [-0.2, 0) is 10.4 Å². The second-order valence-corrected chi connectivity index (χ2v) is 9.47. The summed E-state index contributed by atoms with van der Waals surface area (Å²) < 4.78 is 0.914. The Kier molecular flexibility index (Phi) is 7.61. The van der Waals surface area contributed by atoms with E-state index in [2.05, 4.69) is 21.2 Å². The Balaban J connectivity index is 1.55. The van der Waals surface area contributed by atoms with Crippen LogP contribution in [-0.4, -0.2) is 39.8 Å². The van der Waals surface area contributed by atoms with Crippen LogP contribution < -0.4 is 5.32 Å². The van der Waals surface area contributed by atoms with Crippen LogP contribution in [0.2, 0.25) is 0 Å². The fourth-order valence-electron chi connectivity index (χ4n) is 4.09. The highest BCUT2D eigenvalue weighted by molar-refractivity contribution is 9.10. The molecule has 0 bridgehead atoms. The Morgan fingerprint density at radius 2 is 1.58 bits per heavy atom.